The summed E-state index contributed by atoms with van der Waals surface area (Å²) in [5.41, 5.74) is 9.14. The van der Waals surface area contributed by atoms with Crippen molar-refractivity contribution in [2.24, 2.45) is 0 Å². The second kappa shape index (κ2) is 15.1. The highest BCUT2D eigenvalue weighted by atomic mass is 16.6. The van der Waals surface area contributed by atoms with Crippen LogP contribution in [-0.4, -0.2) is 38.6 Å². The normalized spacial score (nSPS) is 16.6. The highest BCUT2D eigenvalue weighted by molar-refractivity contribution is 5.78. The van der Waals surface area contributed by atoms with Crippen molar-refractivity contribution in [1.82, 2.24) is 0 Å². The van der Waals surface area contributed by atoms with E-state index in [0.29, 0.717) is 13.2 Å². The van der Waals surface area contributed by atoms with Crippen LogP contribution in [0.25, 0.3) is 0 Å². The zero-order valence-corrected chi connectivity index (χ0v) is 28.8. The summed E-state index contributed by atoms with van der Waals surface area (Å²) < 4.78 is 22.4. The summed E-state index contributed by atoms with van der Waals surface area (Å²) in [5, 5.41) is 0. The summed E-state index contributed by atoms with van der Waals surface area (Å²) in [5.74, 6) is 1.97. The first-order chi connectivity index (χ1) is 25.2. The third kappa shape index (κ3) is 7.93. The maximum absolute atomic E-state index is 5.90. The highest BCUT2D eigenvalue weighted by Gasteiger charge is 2.24. The SMILES string of the molecule is CCC(c1ccc(N(c2ccccc2)c2ccc(OCC3CO3)cc2)cc1)c1ccc(N(c2ccccc2)c2ccc(OCC3CO3)cc2)cc1. The molecule has 0 spiro atoms. The fraction of sp³-hybridized carbons (Fsp3) is 0.200. The fourth-order valence-electron chi connectivity index (χ4n) is 6.51. The predicted octanol–water partition coefficient (Wildman–Crippen LogP) is 10.7. The number of epoxide rings is 2. The van der Waals surface area contributed by atoms with Gasteiger partial charge >= 0.3 is 0 Å². The van der Waals surface area contributed by atoms with Crippen molar-refractivity contribution in [3.05, 3.63) is 169 Å². The van der Waals surface area contributed by atoms with Gasteiger partial charge in [0, 0.05) is 40.0 Å². The molecule has 2 saturated heterocycles. The molecule has 8 rings (SSSR count). The molecule has 0 amide bonds. The Kier molecular flexibility index (Phi) is 9.68. The Morgan fingerprint density at radius 3 is 1.10 bits per heavy atom. The first-order valence-electron chi connectivity index (χ1n) is 17.8. The lowest BCUT2D eigenvalue weighted by atomic mass is 9.89. The van der Waals surface area contributed by atoms with Crippen molar-refractivity contribution in [2.75, 3.05) is 36.2 Å². The van der Waals surface area contributed by atoms with Crippen molar-refractivity contribution >= 4 is 34.1 Å². The topological polar surface area (TPSA) is 50.0 Å². The molecule has 6 aromatic rings. The van der Waals surface area contributed by atoms with Crippen molar-refractivity contribution in [2.45, 2.75) is 31.5 Å². The van der Waals surface area contributed by atoms with Gasteiger partial charge in [0.15, 0.2) is 0 Å². The number of para-hydroxylation sites is 2. The molecule has 6 heteroatoms. The highest BCUT2D eigenvalue weighted by Crippen LogP contribution is 2.39. The molecule has 0 aromatic heterocycles. The average molecular weight is 675 g/mol. The van der Waals surface area contributed by atoms with E-state index in [2.05, 4.69) is 150 Å². The molecule has 2 aliphatic heterocycles. The average Bonchev–Trinajstić information content (AvgIpc) is 4.14. The first-order valence-corrected chi connectivity index (χ1v) is 17.8. The van der Waals surface area contributed by atoms with Crippen LogP contribution in [0.1, 0.15) is 30.4 Å². The summed E-state index contributed by atoms with van der Waals surface area (Å²) in [6, 6.07) is 55.6. The fourth-order valence-corrected chi connectivity index (χ4v) is 6.51. The Labute approximate surface area is 300 Å². The zero-order valence-electron chi connectivity index (χ0n) is 28.8. The van der Waals surface area contributed by atoms with E-state index in [0.717, 1.165) is 65.3 Å². The van der Waals surface area contributed by atoms with E-state index < -0.39 is 0 Å². The zero-order chi connectivity index (χ0) is 34.4. The van der Waals surface area contributed by atoms with Crippen LogP contribution in [0.4, 0.5) is 34.1 Å². The molecule has 0 N–H and O–H groups in total. The van der Waals surface area contributed by atoms with E-state index in [1.54, 1.807) is 0 Å². The Balaban J connectivity index is 1.03. The maximum Gasteiger partial charge on any atom is 0.119 e. The predicted molar refractivity (Wildman–Crippen MR) is 205 cm³/mol. The molecule has 0 aliphatic carbocycles. The monoisotopic (exact) mass is 674 g/mol. The minimum absolute atomic E-state index is 0.231. The van der Waals surface area contributed by atoms with Gasteiger partial charge in [-0.25, -0.2) is 0 Å². The van der Waals surface area contributed by atoms with E-state index in [1.165, 1.54) is 11.1 Å². The van der Waals surface area contributed by atoms with Gasteiger partial charge < -0.3 is 28.7 Å². The molecule has 2 heterocycles. The minimum Gasteiger partial charge on any atom is -0.491 e. The van der Waals surface area contributed by atoms with E-state index in [-0.39, 0.29) is 18.1 Å². The Morgan fingerprint density at radius 2 is 0.784 bits per heavy atom. The molecule has 2 fully saturated rings. The van der Waals surface area contributed by atoms with Crippen LogP contribution >= 0.6 is 0 Å². The Morgan fingerprint density at radius 1 is 0.471 bits per heavy atom. The van der Waals surface area contributed by atoms with Gasteiger partial charge in [-0.15, -0.1) is 0 Å². The number of hydrogen-bond donors (Lipinski definition) is 0. The lowest BCUT2D eigenvalue weighted by molar-refractivity contribution is 0.263. The van der Waals surface area contributed by atoms with Crippen LogP contribution in [0.2, 0.25) is 0 Å². The second-order valence-electron chi connectivity index (χ2n) is 13.0. The second-order valence-corrected chi connectivity index (χ2v) is 13.0. The van der Waals surface area contributed by atoms with Gasteiger partial charge in [0.05, 0.1) is 13.2 Å². The standard InChI is InChI=1S/C45H42N2O4/c1-2-45(33-13-17-37(18-14-33)46(35-9-5-3-6-10-35)39-21-25-41(26-22-39)48-29-43-31-50-43)34-15-19-38(20-16-34)47(36-11-7-4-8-12-36)40-23-27-42(28-24-40)49-30-44-32-51-44/h3-28,43-45H,2,29-32H2,1H3. The molecular formula is C45H42N2O4. The van der Waals surface area contributed by atoms with Gasteiger partial charge in [-0.05, 0) is 115 Å². The molecule has 2 unspecified atom stereocenters. The summed E-state index contributed by atoms with van der Waals surface area (Å²) in [4.78, 5) is 4.57. The van der Waals surface area contributed by atoms with Gasteiger partial charge in [0.25, 0.3) is 0 Å². The van der Waals surface area contributed by atoms with Crippen LogP contribution in [-0.2, 0) is 9.47 Å². The molecule has 0 bridgehead atoms. The quantitative estimate of drug-likeness (QED) is 0.101. The molecule has 0 saturated carbocycles. The molecule has 6 nitrogen and oxygen atoms in total. The molecule has 256 valence electrons. The minimum atomic E-state index is 0.231. The van der Waals surface area contributed by atoms with Gasteiger partial charge in [-0.3, -0.25) is 0 Å². The van der Waals surface area contributed by atoms with Crippen molar-refractivity contribution in [3.63, 3.8) is 0 Å². The van der Waals surface area contributed by atoms with Crippen LogP contribution in [0, 0.1) is 0 Å². The lowest BCUT2D eigenvalue weighted by Gasteiger charge is -2.27. The number of nitrogens with zero attached hydrogens (tertiary/aromatic N) is 2. The van der Waals surface area contributed by atoms with E-state index in [1.807, 2.05) is 24.3 Å². The van der Waals surface area contributed by atoms with Gasteiger partial charge in [0.1, 0.15) is 36.9 Å². The van der Waals surface area contributed by atoms with Crippen molar-refractivity contribution in [1.29, 1.82) is 0 Å². The lowest BCUT2D eigenvalue weighted by Crippen LogP contribution is -2.11. The van der Waals surface area contributed by atoms with Crippen molar-refractivity contribution < 1.29 is 18.9 Å². The Bertz CT molecular complexity index is 1830. The van der Waals surface area contributed by atoms with Crippen molar-refractivity contribution in [3.8, 4) is 11.5 Å². The third-order valence-corrected chi connectivity index (χ3v) is 9.41. The maximum atomic E-state index is 5.90. The molecule has 2 aliphatic rings. The van der Waals surface area contributed by atoms with Gasteiger partial charge in [0.2, 0.25) is 0 Å². The summed E-state index contributed by atoms with van der Waals surface area (Å²) in [6.07, 6.45) is 1.45. The van der Waals surface area contributed by atoms with Crippen LogP contribution < -0.4 is 19.3 Å². The number of ether oxygens (including phenoxy) is 4. The molecular weight excluding hydrogens is 633 g/mol. The summed E-state index contributed by atoms with van der Waals surface area (Å²) in [7, 11) is 0. The Hall–Kier alpha value is -5.56. The van der Waals surface area contributed by atoms with Gasteiger partial charge in [-0.1, -0.05) is 67.6 Å². The smallest absolute Gasteiger partial charge is 0.119 e. The number of anilines is 6. The largest absolute Gasteiger partial charge is 0.491 e. The van der Waals surface area contributed by atoms with Crippen LogP contribution in [0.5, 0.6) is 11.5 Å². The number of benzene rings is 6. The summed E-state index contributed by atoms with van der Waals surface area (Å²) >= 11 is 0. The van der Waals surface area contributed by atoms with E-state index in [9.17, 15) is 0 Å². The number of rotatable bonds is 15. The molecule has 2 atom stereocenters. The molecule has 6 aromatic carbocycles. The summed E-state index contributed by atoms with van der Waals surface area (Å²) in [6.45, 7) is 5.02. The van der Waals surface area contributed by atoms with Crippen LogP contribution in [0.3, 0.4) is 0 Å². The van der Waals surface area contributed by atoms with E-state index >= 15 is 0 Å². The van der Waals surface area contributed by atoms with Crippen LogP contribution in [0.15, 0.2) is 158 Å². The molecule has 51 heavy (non-hydrogen) atoms. The number of hydrogen-bond acceptors (Lipinski definition) is 6. The van der Waals surface area contributed by atoms with E-state index in [4.69, 9.17) is 18.9 Å². The third-order valence-electron chi connectivity index (χ3n) is 9.41. The van der Waals surface area contributed by atoms with Gasteiger partial charge in [-0.2, -0.15) is 0 Å². The first kappa shape index (κ1) is 32.6. The molecule has 0 radical (unpaired) electrons.